The Morgan fingerprint density at radius 3 is 2.24 bits per heavy atom. The van der Waals surface area contributed by atoms with Gasteiger partial charge in [0.1, 0.15) is 11.6 Å². The van der Waals surface area contributed by atoms with Gasteiger partial charge >= 0.3 is 0 Å². The average molecular weight is 374 g/mol. The fourth-order valence-electron chi connectivity index (χ4n) is 3.31. The van der Waals surface area contributed by atoms with Crippen LogP contribution in [0.15, 0.2) is 18.2 Å². The topological polar surface area (TPSA) is 52.7 Å². The zero-order chi connectivity index (χ0) is 17.1. The van der Waals surface area contributed by atoms with Crippen molar-refractivity contribution in [3.05, 3.63) is 35.4 Å². The van der Waals surface area contributed by atoms with Gasteiger partial charge in [0.25, 0.3) is 5.91 Å². The maximum atomic E-state index is 13.7. The lowest BCUT2D eigenvalue weighted by molar-refractivity contribution is -0.137. The van der Waals surface area contributed by atoms with Gasteiger partial charge in [-0.15, -0.1) is 12.4 Å². The van der Waals surface area contributed by atoms with Crippen molar-refractivity contribution in [2.45, 2.75) is 12.8 Å². The normalized spacial score (nSPS) is 18.6. The number of carbonyl (C=O) groups is 2. The lowest BCUT2D eigenvalue weighted by atomic mass is 9.94. The van der Waals surface area contributed by atoms with Gasteiger partial charge in [-0.25, -0.2) is 8.78 Å². The lowest BCUT2D eigenvalue weighted by Crippen LogP contribution is -2.50. The number of amides is 2. The molecule has 3 rings (SSSR count). The van der Waals surface area contributed by atoms with Crippen molar-refractivity contribution in [2.24, 2.45) is 5.92 Å². The molecule has 138 valence electrons. The summed E-state index contributed by atoms with van der Waals surface area (Å²) >= 11 is 0. The number of piperazine rings is 1. The molecule has 0 atom stereocenters. The number of likely N-dealkylation sites (tertiary alicyclic amines) is 1. The van der Waals surface area contributed by atoms with Crippen molar-refractivity contribution >= 4 is 24.2 Å². The SMILES string of the molecule is Cl.O=C(c1ccc(F)cc1F)N1CCC(C(=O)N2CCNCC2)CC1. The number of nitrogens with one attached hydrogen (secondary N) is 1. The van der Waals surface area contributed by atoms with E-state index in [9.17, 15) is 18.4 Å². The first-order valence-electron chi connectivity index (χ1n) is 8.30. The number of hydrogen-bond donors (Lipinski definition) is 1. The van der Waals surface area contributed by atoms with Crippen LogP contribution in [0.2, 0.25) is 0 Å². The molecule has 2 amide bonds. The van der Waals surface area contributed by atoms with Crippen molar-refractivity contribution in [3.8, 4) is 0 Å². The lowest BCUT2D eigenvalue weighted by Gasteiger charge is -2.35. The molecule has 0 bridgehead atoms. The second-order valence-electron chi connectivity index (χ2n) is 6.27. The van der Waals surface area contributed by atoms with Gasteiger partial charge in [-0.05, 0) is 25.0 Å². The molecule has 2 saturated heterocycles. The fraction of sp³-hybridized carbons (Fsp3) is 0.529. The molecule has 0 aromatic heterocycles. The van der Waals surface area contributed by atoms with Gasteiger partial charge in [0, 0.05) is 51.3 Å². The monoisotopic (exact) mass is 373 g/mol. The smallest absolute Gasteiger partial charge is 0.256 e. The average Bonchev–Trinajstić information content (AvgIpc) is 2.61. The quantitative estimate of drug-likeness (QED) is 0.858. The molecule has 1 N–H and O–H groups in total. The highest BCUT2D eigenvalue weighted by Crippen LogP contribution is 2.22. The number of rotatable bonds is 2. The van der Waals surface area contributed by atoms with Crippen molar-refractivity contribution < 1.29 is 18.4 Å². The molecular formula is C17H22ClF2N3O2. The summed E-state index contributed by atoms with van der Waals surface area (Å²) in [5, 5.41) is 3.21. The fourth-order valence-corrected chi connectivity index (χ4v) is 3.31. The van der Waals surface area contributed by atoms with E-state index >= 15 is 0 Å². The van der Waals surface area contributed by atoms with Gasteiger partial charge in [0.15, 0.2) is 0 Å². The number of benzene rings is 1. The Balaban J connectivity index is 0.00000225. The summed E-state index contributed by atoms with van der Waals surface area (Å²) in [6, 6.07) is 2.97. The van der Waals surface area contributed by atoms with Crippen LogP contribution in [0.3, 0.4) is 0 Å². The molecule has 0 saturated carbocycles. The second-order valence-corrected chi connectivity index (χ2v) is 6.27. The molecule has 8 heteroatoms. The van der Waals surface area contributed by atoms with E-state index in [1.165, 1.54) is 11.0 Å². The Hall–Kier alpha value is -1.73. The van der Waals surface area contributed by atoms with E-state index in [0.717, 1.165) is 32.2 Å². The van der Waals surface area contributed by atoms with Crippen LogP contribution in [0.4, 0.5) is 8.78 Å². The molecular weight excluding hydrogens is 352 g/mol. The maximum absolute atomic E-state index is 13.7. The molecule has 0 aliphatic carbocycles. The van der Waals surface area contributed by atoms with E-state index in [-0.39, 0.29) is 29.8 Å². The molecule has 0 unspecified atom stereocenters. The number of nitrogens with zero attached hydrogens (tertiary/aromatic N) is 2. The first-order valence-corrected chi connectivity index (χ1v) is 8.30. The molecule has 1 aromatic rings. The number of hydrogen-bond acceptors (Lipinski definition) is 3. The van der Waals surface area contributed by atoms with Crippen LogP contribution in [0.25, 0.3) is 0 Å². The molecule has 25 heavy (non-hydrogen) atoms. The molecule has 2 heterocycles. The van der Waals surface area contributed by atoms with Gasteiger partial charge < -0.3 is 15.1 Å². The van der Waals surface area contributed by atoms with Crippen LogP contribution in [0.1, 0.15) is 23.2 Å². The second kappa shape index (κ2) is 8.58. The van der Waals surface area contributed by atoms with E-state index in [1.54, 1.807) is 0 Å². The molecule has 5 nitrogen and oxygen atoms in total. The minimum Gasteiger partial charge on any atom is -0.340 e. The summed E-state index contributed by atoms with van der Waals surface area (Å²) in [7, 11) is 0. The highest BCUT2D eigenvalue weighted by atomic mass is 35.5. The summed E-state index contributed by atoms with van der Waals surface area (Å²) in [5.74, 6) is -1.93. The summed E-state index contributed by atoms with van der Waals surface area (Å²) in [6.07, 6.45) is 1.16. The largest absolute Gasteiger partial charge is 0.340 e. The van der Waals surface area contributed by atoms with Gasteiger partial charge in [-0.1, -0.05) is 0 Å². The van der Waals surface area contributed by atoms with Crippen LogP contribution >= 0.6 is 12.4 Å². The molecule has 2 fully saturated rings. The van der Waals surface area contributed by atoms with E-state index in [2.05, 4.69) is 5.32 Å². The van der Waals surface area contributed by atoms with Gasteiger partial charge in [-0.3, -0.25) is 9.59 Å². The Kier molecular flexibility index (Phi) is 6.72. The highest BCUT2D eigenvalue weighted by Gasteiger charge is 2.31. The van der Waals surface area contributed by atoms with Crippen molar-refractivity contribution in [1.82, 2.24) is 15.1 Å². The van der Waals surface area contributed by atoms with Gasteiger partial charge in [0.05, 0.1) is 5.56 Å². The summed E-state index contributed by atoms with van der Waals surface area (Å²) in [6.45, 7) is 3.90. The number of halogens is 3. The third-order valence-corrected chi connectivity index (χ3v) is 4.72. The van der Waals surface area contributed by atoms with Crippen molar-refractivity contribution in [3.63, 3.8) is 0 Å². The van der Waals surface area contributed by atoms with Crippen LogP contribution in [-0.4, -0.2) is 60.9 Å². The zero-order valence-electron chi connectivity index (χ0n) is 13.8. The standard InChI is InChI=1S/C17H21F2N3O2.ClH/c18-13-1-2-14(15(19)11-13)17(24)21-7-3-12(4-8-21)16(23)22-9-5-20-6-10-22;/h1-2,11-12,20H,3-10H2;1H. The van der Waals surface area contributed by atoms with E-state index < -0.39 is 17.5 Å². The predicted octanol–water partition coefficient (Wildman–Crippen LogP) is 1.67. The minimum atomic E-state index is -0.848. The molecule has 0 radical (unpaired) electrons. The molecule has 1 aromatic carbocycles. The third kappa shape index (κ3) is 4.46. The van der Waals surface area contributed by atoms with E-state index in [1.807, 2.05) is 4.90 Å². The first-order chi connectivity index (χ1) is 11.6. The molecule has 2 aliphatic heterocycles. The predicted molar refractivity (Wildman–Crippen MR) is 91.7 cm³/mol. The summed E-state index contributed by atoms with van der Waals surface area (Å²) < 4.78 is 26.7. The van der Waals surface area contributed by atoms with Gasteiger partial charge in [0.2, 0.25) is 5.91 Å². The van der Waals surface area contributed by atoms with E-state index in [0.29, 0.717) is 32.0 Å². The Bertz CT molecular complexity index is 630. The Labute approximate surface area is 151 Å². The third-order valence-electron chi connectivity index (χ3n) is 4.72. The molecule has 0 spiro atoms. The Morgan fingerprint density at radius 2 is 1.64 bits per heavy atom. The zero-order valence-corrected chi connectivity index (χ0v) is 14.7. The summed E-state index contributed by atoms with van der Waals surface area (Å²) in [4.78, 5) is 28.3. The first kappa shape index (κ1) is 19.6. The van der Waals surface area contributed by atoms with Crippen LogP contribution in [0.5, 0.6) is 0 Å². The van der Waals surface area contributed by atoms with Crippen LogP contribution in [-0.2, 0) is 4.79 Å². The summed E-state index contributed by atoms with van der Waals surface area (Å²) in [5.41, 5.74) is -0.122. The van der Waals surface area contributed by atoms with Crippen molar-refractivity contribution in [1.29, 1.82) is 0 Å². The highest BCUT2D eigenvalue weighted by molar-refractivity contribution is 5.94. The maximum Gasteiger partial charge on any atom is 0.256 e. The van der Waals surface area contributed by atoms with Crippen LogP contribution < -0.4 is 5.32 Å². The number of carbonyl (C=O) groups excluding carboxylic acids is 2. The van der Waals surface area contributed by atoms with Crippen LogP contribution in [0, 0.1) is 17.6 Å². The minimum absolute atomic E-state index is 0. The Morgan fingerprint density at radius 1 is 1.00 bits per heavy atom. The molecule has 2 aliphatic rings. The van der Waals surface area contributed by atoms with Crippen molar-refractivity contribution in [2.75, 3.05) is 39.3 Å². The van der Waals surface area contributed by atoms with Gasteiger partial charge in [-0.2, -0.15) is 0 Å². The number of piperidine rings is 1. The van der Waals surface area contributed by atoms with E-state index in [4.69, 9.17) is 0 Å².